The van der Waals surface area contributed by atoms with Crippen LogP contribution in [-0.4, -0.2) is 33.3 Å². The minimum Gasteiger partial charge on any atom is -0.462 e. The molecular formula is C12H15Cl2NO4S. The van der Waals surface area contributed by atoms with E-state index in [2.05, 4.69) is 0 Å². The smallest absolute Gasteiger partial charge is 0.327 e. The molecular weight excluding hydrogens is 325 g/mol. The number of sulfonamides is 1. The quantitative estimate of drug-likeness (QED) is 0.773. The number of nitrogens with zero attached hydrogens (tertiary/aromatic N) is 1. The van der Waals surface area contributed by atoms with Gasteiger partial charge in [0.1, 0.15) is 6.54 Å². The molecule has 0 fully saturated rings. The summed E-state index contributed by atoms with van der Waals surface area (Å²) in [7, 11) is -3.70. The van der Waals surface area contributed by atoms with Crippen molar-refractivity contribution in [1.82, 2.24) is 0 Å². The number of carbonyl (C=O) groups is 1. The van der Waals surface area contributed by atoms with Crippen molar-refractivity contribution in [2.75, 3.05) is 17.1 Å². The summed E-state index contributed by atoms with van der Waals surface area (Å²) < 4.78 is 29.5. The number of rotatable bonds is 5. The van der Waals surface area contributed by atoms with Gasteiger partial charge in [-0.3, -0.25) is 9.10 Å². The third-order valence-corrected chi connectivity index (χ3v) is 4.18. The summed E-state index contributed by atoms with van der Waals surface area (Å²) in [6, 6.07) is 4.55. The van der Waals surface area contributed by atoms with Crippen molar-refractivity contribution >= 4 is 44.9 Å². The van der Waals surface area contributed by atoms with Gasteiger partial charge in [-0.15, -0.1) is 0 Å². The van der Waals surface area contributed by atoms with E-state index in [1.165, 1.54) is 12.1 Å². The fraction of sp³-hybridized carbons (Fsp3) is 0.417. The zero-order chi connectivity index (χ0) is 15.5. The van der Waals surface area contributed by atoms with Gasteiger partial charge in [-0.1, -0.05) is 29.3 Å². The van der Waals surface area contributed by atoms with Gasteiger partial charge in [0.25, 0.3) is 0 Å². The molecule has 0 N–H and O–H groups in total. The normalized spacial score (nSPS) is 11.5. The molecule has 0 aliphatic rings. The van der Waals surface area contributed by atoms with Crippen molar-refractivity contribution in [2.24, 2.45) is 0 Å². The van der Waals surface area contributed by atoms with Gasteiger partial charge in [-0.2, -0.15) is 0 Å². The van der Waals surface area contributed by atoms with Crippen molar-refractivity contribution < 1.29 is 17.9 Å². The van der Waals surface area contributed by atoms with Crippen molar-refractivity contribution in [3.63, 3.8) is 0 Å². The van der Waals surface area contributed by atoms with Crippen LogP contribution in [0.3, 0.4) is 0 Å². The van der Waals surface area contributed by atoms with Crippen LogP contribution in [0.1, 0.15) is 13.8 Å². The van der Waals surface area contributed by atoms with Crippen LogP contribution in [0.5, 0.6) is 0 Å². The summed E-state index contributed by atoms with van der Waals surface area (Å²) in [5, 5.41) is 0.270. The molecule has 0 aliphatic heterocycles. The van der Waals surface area contributed by atoms with Gasteiger partial charge in [0.15, 0.2) is 0 Å². The Kier molecular flexibility index (Phi) is 5.68. The van der Waals surface area contributed by atoms with E-state index in [0.717, 1.165) is 10.6 Å². The second kappa shape index (κ2) is 6.65. The third kappa shape index (κ3) is 4.54. The van der Waals surface area contributed by atoms with Crippen LogP contribution in [0.2, 0.25) is 10.0 Å². The lowest BCUT2D eigenvalue weighted by Gasteiger charge is -2.23. The Bertz CT molecular complexity index is 601. The molecule has 0 heterocycles. The summed E-state index contributed by atoms with van der Waals surface area (Å²) in [6.45, 7) is 2.89. The van der Waals surface area contributed by atoms with Crippen molar-refractivity contribution in [2.45, 2.75) is 20.0 Å². The molecule has 0 unspecified atom stereocenters. The molecule has 0 saturated heterocycles. The monoisotopic (exact) mass is 339 g/mol. The zero-order valence-electron chi connectivity index (χ0n) is 11.3. The second-order valence-electron chi connectivity index (χ2n) is 4.38. The van der Waals surface area contributed by atoms with E-state index in [-0.39, 0.29) is 21.8 Å². The van der Waals surface area contributed by atoms with Crippen LogP contribution >= 0.6 is 23.2 Å². The van der Waals surface area contributed by atoms with Gasteiger partial charge in [0, 0.05) is 0 Å². The first-order chi connectivity index (χ1) is 9.12. The van der Waals surface area contributed by atoms with Crippen molar-refractivity contribution in [3.8, 4) is 0 Å². The highest BCUT2D eigenvalue weighted by Gasteiger charge is 2.24. The molecule has 1 aromatic rings. The lowest BCUT2D eigenvalue weighted by Crippen LogP contribution is -2.36. The van der Waals surface area contributed by atoms with E-state index in [0.29, 0.717) is 0 Å². The molecule has 5 nitrogen and oxygen atoms in total. The number of halogens is 2. The lowest BCUT2D eigenvalue weighted by atomic mass is 10.3. The maximum atomic E-state index is 11.8. The third-order valence-electron chi connectivity index (χ3n) is 2.24. The molecule has 0 atom stereocenters. The predicted octanol–water partition coefficient (Wildman–Crippen LogP) is 2.71. The molecule has 1 aromatic carbocycles. The lowest BCUT2D eigenvalue weighted by molar-refractivity contribution is -0.145. The largest absolute Gasteiger partial charge is 0.462 e. The fourth-order valence-electron chi connectivity index (χ4n) is 1.48. The first kappa shape index (κ1) is 17.1. The topological polar surface area (TPSA) is 63.7 Å². The first-order valence-electron chi connectivity index (χ1n) is 5.74. The van der Waals surface area contributed by atoms with Gasteiger partial charge < -0.3 is 4.74 Å². The summed E-state index contributed by atoms with van der Waals surface area (Å²) in [4.78, 5) is 11.7. The molecule has 0 radical (unpaired) electrons. The number of ether oxygens (including phenoxy) is 1. The van der Waals surface area contributed by atoms with Gasteiger partial charge in [0.2, 0.25) is 10.0 Å². The number of anilines is 1. The van der Waals surface area contributed by atoms with Gasteiger partial charge in [-0.25, -0.2) is 8.42 Å². The molecule has 0 bridgehead atoms. The molecule has 0 aliphatic carbocycles. The Morgan fingerprint density at radius 1 is 1.35 bits per heavy atom. The highest BCUT2D eigenvalue weighted by Crippen LogP contribution is 2.33. The summed E-state index contributed by atoms with van der Waals surface area (Å²) in [6.07, 6.45) is 0.645. The van der Waals surface area contributed by atoms with Crippen LogP contribution in [0.15, 0.2) is 18.2 Å². The van der Waals surface area contributed by atoms with Gasteiger partial charge in [0.05, 0.1) is 28.1 Å². The molecule has 8 heteroatoms. The highest BCUT2D eigenvalue weighted by molar-refractivity contribution is 7.92. The Morgan fingerprint density at radius 2 is 1.95 bits per heavy atom. The maximum Gasteiger partial charge on any atom is 0.327 e. The summed E-state index contributed by atoms with van der Waals surface area (Å²) in [5.74, 6) is -0.665. The van der Waals surface area contributed by atoms with E-state index in [4.69, 9.17) is 27.9 Å². The SMILES string of the molecule is CC(C)OC(=O)CN(c1cccc(Cl)c1Cl)S(C)(=O)=O. The number of hydrogen-bond donors (Lipinski definition) is 0. The van der Waals surface area contributed by atoms with E-state index in [1.807, 2.05) is 0 Å². The average Bonchev–Trinajstić information content (AvgIpc) is 2.28. The minimum atomic E-state index is -3.70. The number of hydrogen-bond acceptors (Lipinski definition) is 4. The number of esters is 1. The summed E-state index contributed by atoms with van der Waals surface area (Å²) in [5.41, 5.74) is 0.141. The standard InChI is InChI=1S/C12H15Cl2NO4S/c1-8(2)19-11(16)7-15(20(3,17)18)10-6-4-5-9(13)12(10)14/h4-6,8H,7H2,1-3H3. The highest BCUT2D eigenvalue weighted by atomic mass is 35.5. The predicted molar refractivity (Wildman–Crippen MR) is 79.9 cm³/mol. The summed E-state index contributed by atoms with van der Waals surface area (Å²) >= 11 is 11.9. The molecule has 0 saturated carbocycles. The van der Waals surface area contributed by atoms with Crippen LogP contribution in [0.25, 0.3) is 0 Å². The Balaban J connectivity index is 3.15. The molecule has 1 rings (SSSR count). The van der Waals surface area contributed by atoms with Crippen molar-refractivity contribution in [3.05, 3.63) is 28.2 Å². The zero-order valence-corrected chi connectivity index (χ0v) is 13.6. The molecule has 112 valence electrons. The van der Waals surface area contributed by atoms with E-state index in [9.17, 15) is 13.2 Å². The minimum absolute atomic E-state index is 0.0666. The van der Waals surface area contributed by atoms with E-state index in [1.54, 1.807) is 19.9 Å². The molecule has 0 aromatic heterocycles. The molecule has 0 amide bonds. The van der Waals surface area contributed by atoms with Crippen LogP contribution in [0.4, 0.5) is 5.69 Å². The maximum absolute atomic E-state index is 11.8. The number of benzene rings is 1. The van der Waals surface area contributed by atoms with E-state index < -0.39 is 22.5 Å². The second-order valence-corrected chi connectivity index (χ2v) is 7.07. The van der Waals surface area contributed by atoms with Crippen LogP contribution < -0.4 is 4.31 Å². The first-order valence-corrected chi connectivity index (χ1v) is 8.34. The number of carbonyl (C=O) groups excluding carboxylic acids is 1. The Hall–Kier alpha value is -0.980. The van der Waals surface area contributed by atoms with Crippen LogP contribution in [-0.2, 0) is 19.6 Å². The molecule has 0 spiro atoms. The van der Waals surface area contributed by atoms with Crippen LogP contribution in [0, 0.1) is 0 Å². The van der Waals surface area contributed by atoms with Crippen molar-refractivity contribution in [1.29, 1.82) is 0 Å². The average molecular weight is 340 g/mol. The Morgan fingerprint density at radius 3 is 2.45 bits per heavy atom. The Labute approximate surface area is 128 Å². The van der Waals surface area contributed by atoms with E-state index >= 15 is 0 Å². The van der Waals surface area contributed by atoms with Gasteiger partial charge >= 0.3 is 5.97 Å². The molecule has 20 heavy (non-hydrogen) atoms. The van der Waals surface area contributed by atoms with Gasteiger partial charge in [-0.05, 0) is 26.0 Å². The fourth-order valence-corrected chi connectivity index (χ4v) is 2.78.